The lowest BCUT2D eigenvalue weighted by atomic mass is 10.2. The van der Waals surface area contributed by atoms with Gasteiger partial charge in [0.2, 0.25) is 10.0 Å². The van der Waals surface area contributed by atoms with Crippen LogP contribution in [-0.4, -0.2) is 23.2 Å². The summed E-state index contributed by atoms with van der Waals surface area (Å²) in [6, 6.07) is 24.3. The van der Waals surface area contributed by atoms with Crippen LogP contribution in [0.5, 0.6) is 0 Å². The van der Waals surface area contributed by atoms with Crippen LogP contribution < -0.4 is 4.72 Å². The maximum absolute atomic E-state index is 12.8. The molecule has 9 heteroatoms. The third kappa shape index (κ3) is 6.61. The van der Waals surface area contributed by atoms with Crippen molar-refractivity contribution in [2.45, 2.75) is 30.8 Å². The summed E-state index contributed by atoms with van der Waals surface area (Å²) in [6.07, 6.45) is 1.56. The Labute approximate surface area is 215 Å². The minimum absolute atomic E-state index is 0.475. The molecule has 0 spiro atoms. The summed E-state index contributed by atoms with van der Waals surface area (Å²) >= 11 is 7.84. The predicted octanol–water partition coefficient (Wildman–Crippen LogP) is 6.17. The van der Waals surface area contributed by atoms with Crippen molar-refractivity contribution >= 4 is 39.5 Å². The number of rotatable bonds is 9. The van der Waals surface area contributed by atoms with Crippen molar-refractivity contribution in [1.82, 2.24) is 19.5 Å². The van der Waals surface area contributed by atoms with Gasteiger partial charge in [-0.05, 0) is 48.7 Å². The Morgan fingerprint density at radius 3 is 2.43 bits per heavy atom. The summed E-state index contributed by atoms with van der Waals surface area (Å²) in [6.45, 7) is 3.72. The van der Waals surface area contributed by atoms with Crippen LogP contribution in [0.15, 0.2) is 89.4 Å². The molecule has 0 aliphatic heterocycles. The minimum Gasteiger partial charge on any atom is -0.272 e. The van der Waals surface area contributed by atoms with Crippen LogP contribution in [-0.2, 0) is 15.8 Å². The van der Waals surface area contributed by atoms with Crippen molar-refractivity contribution in [3.05, 3.63) is 112 Å². The zero-order chi connectivity index (χ0) is 24.8. The molecule has 3 aromatic carbocycles. The van der Waals surface area contributed by atoms with E-state index in [1.807, 2.05) is 78.2 Å². The van der Waals surface area contributed by atoms with Gasteiger partial charge in [0.05, 0.1) is 11.7 Å². The molecule has 1 unspecified atom stereocenters. The van der Waals surface area contributed by atoms with Gasteiger partial charge in [0.25, 0.3) is 0 Å². The SMILES string of the molecule is Cc1ccc(Cl)cc1-n1c(SCc2ccccc2)nnc1C(C)NS(=O)(=O)/C=C/c1ccccc1. The number of aryl methyl sites for hydroxylation is 1. The molecule has 1 aromatic heterocycles. The largest absolute Gasteiger partial charge is 0.272 e. The molecule has 0 radical (unpaired) electrons. The lowest BCUT2D eigenvalue weighted by Gasteiger charge is -2.17. The second-order valence-electron chi connectivity index (χ2n) is 7.98. The normalized spacial score (nSPS) is 12.8. The molecule has 4 rings (SSSR count). The Morgan fingerprint density at radius 2 is 1.71 bits per heavy atom. The molecular formula is C26H25ClN4O2S2. The third-order valence-electron chi connectivity index (χ3n) is 5.25. The van der Waals surface area contributed by atoms with E-state index in [0.717, 1.165) is 27.8 Å². The van der Waals surface area contributed by atoms with Gasteiger partial charge < -0.3 is 0 Å². The molecule has 1 heterocycles. The van der Waals surface area contributed by atoms with E-state index >= 15 is 0 Å². The highest BCUT2D eigenvalue weighted by molar-refractivity contribution is 7.98. The van der Waals surface area contributed by atoms with E-state index in [0.29, 0.717) is 21.8 Å². The molecule has 6 nitrogen and oxygen atoms in total. The number of halogens is 1. The monoisotopic (exact) mass is 524 g/mol. The van der Waals surface area contributed by atoms with Crippen LogP contribution in [0.25, 0.3) is 11.8 Å². The smallest absolute Gasteiger partial charge is 0.234 e. The van der Waals surface area contributed by atoms with Gasteiger partial charge in [-0.1, -0.05) is 90.1 Å². The molecular weight excluding hydrogens is 500 g/mol. The molecule has 1 N–H and O–H groups in total. The van der Waals surface area contributed by atoms with Crippen LogP contribution in [0.1, 0.15) is 35.5 Å². The van der Waals surface area contributed by atoms with E-state index in [9.17, 15) is 8.42 Å². The highest BCUT2D eigenvalue weighted by Crippen LogP contribution is 2.30. The van der Waals surface area contributed by atoms with Gasteiger partial charge in [-0.25, -0.2) is 13.1 Å². The van der Waals surface area contributed by atoms with Gasteiger partial charge in [0, 0.05) is 16.2 Å². The zero-order valence-corrected chi connectivity index (χ0v) is 21.7. The fourth-order valence-electron chi connectivity index (χ4n) is 3.50. The van der Waals surface area contributed by atoms with E-state index in [1.54, 1.807) is 13.0 Å². The summed E-state index contributed by atoms with van der Waals surface area (Å²) in [5, 5.41) is 11.2. The van der Waals surface area contributed by atoms with Gasteiger partial charge in [0.15, 0.2) is 11.0 Å². The first-order valence-electron chi connectivity index (χ1n) is 11.0. The number of nitrogens with zero attached hydrogens (tertiary/aromatic N) is 3. The number of hydrogen-bond acceptors (Lipinski definition) is 5. The number of nitrogens with one attached hydrogen (secondary N) is 1. The molecule has 0 amide bonds. The van der Waals surface area contributed by atoms with Crippen molar-refractivity contribution in [3.63, 3.8) is 0 Å². The zero-order valence-electron chi connectivity index (χ0n) is 19.3. The average Bonchev–Trinajstić information content (AvgIpc) is 3.28. The third-order valence-corrected chi connectivity index (χ3v) is 7.66. The Kier molecular flexibility index (Phi) is 8.07. The molecule has 0 aliphatic carbocycles. The second-order valence-corrected chi connectivity index (χ2v) is 11.0. The van der Waals surface area contributed by atoms with Crippen LogP contribution in [0, 0.1) is 6.92 Å². The second kappa shape index (κ2) is 11.2. The first-order chi connectivity index (χ1) is 16.8. The standard InChI is InChI=1S/C26H25ClN4O2S2/c1-19-13-14-23(27)17-24(19)31-25(28-29-26(31)34-18-22-11-7-4-8-12-22)20(2)30-35(32,33)16-15-21-9-5-3-6-10-21/h3-17,20,30H,18H2,1-2H3/b16-15+. The highest BCUT2D eigenvalue weighted by atomic mass is 35.5. The van der Waals surface area contributed by atoms with E-state index in [2.05, 4.69) is 27.1 Å². The van der Waals surface area contributed by atoms with Crippen LogP contribution in [0.3, 0.4) is 0 Å². The number of sulfonamides is 1. The molecule has 4 aromatic rings. The van der Waals surface area contributed by atoms with Crippen molar-refractivity contribution < 1.29 is 8.42 Å². The average molecular weight is 525 g/mol. The minimum atomic E-state index is -3.73. The van der Waals surface area contributed by atoms with Gasteiger partial charge in [-0.2, -0.15) is 0 Å². The summed E-state index contributed by atoms with van der Waals surface area (Å²) in [5.41, 5.74) is 3.72. The summed E-state index contributed by atoms with van der Waals surface area (Å²) in [7, 11) is -3.73. The summed E-state index contributed by atoms with van der Waals surface area (Å²) in [4.78, 5) is 0. The Balaban J connectivity index is 1.65. The van der Waals surface area contributed by atoms with Crippen molar-refractivity contribution in [2.75, 3.05) is 0 Å². The first kappa shape index (κ1) is 25.2. The van der Waals surface area contributed by atoms with Gasteiger partial charge in [-0.3, -0.25) is 4.57 Å². The van der Waals surface area contributed by atoms with Gasteiger partial charge in [0.1, 0.15) is 0 Å². The molecule has 0 aliphatic rings. The fourth-order valence-corrected chi connectivity index (χ4v) is 5.58. The molecule has 0 saturated carbocycles. The van der Waals surface area contributed by atoms with Crippen molar-refractivity contribution in [1.29, 1.82) is 0 Å². The van der Waals surface area contributed by atoms with E-state index in [-0.39, 0.29) is 0 Å². The quantitative estimate of drug-likeness (QED) is 0.265. The molecule has 0 bridgehead atoms. The summed E-state index contributed by atoms with van der Waals surface area (Å²) in [5.74, 6) is 1.17. The Hall–Kier alpha value is -2.91. The molecule has 0 saturated heterocycles. The lowest BCUT2D eigenvalue weighted by Crippen LogP contribution is -2.27. The number of aromatic nitrogens is 3. The van der Waals surface area contributed by atoms with Crippen LogP contribution >= 0.6 is 23.4 Å². The van der Waals surface area contributed by atoms with Crippen LogP contribution in [0.2, 0.25) is 5.02 Å². The van der Waals surface area contributed by atoms with Gasteiger partial charge in [-0.15, -0.1) is 10.2 Å². The number of benzene rings is 3. The van der Waals surface area contributed by atoms with Crippen molar-refractivity contribution in [3.8, 4) is 5.69 Å². The van der Waals surface area contributed by atoms with Crippen LogP contribution in [0.4, 0.5) is 0 Å². The van der Waals surface area contributed by atoms with E-state index in [4.69, 9.17) is 11.6 Å². The molecule has 0 fully saturated rings. The van der Waals surface area contributed by atoms with Gasteiger partial charge >= 0.3 is 0 Å². The summed E-state index contributed by atoms with van der Waals surface area (Å²) < 4.78 is 30.2. The highest BCUT2D eigenvalue weighted by Gasteiger charge is 2.23. The molecule has 1 atom stereocenters. The Bertz CT molecular complexity index is 1420. The maximum Gasteiger partial charge on any atom is 0.234 e. The maximum atomic E-state index is 12.8. The molecule has 35 heavy (non-hydrogen) atoms. The topological polar surface area (TPSA) is 76.9 Å². The van der Waals surface area contributed by atoms with E-state index in [1.165, 1.54) is 11.8 Å². The predicted molar refractivity (Wildman–Crippen MR) is 143 cm³/mol. The Morgan fingerprint density at radius 1 is 1.03 bits per heavy atom. The van der Waals surface area contributed by atoms with E-state index < -0.39 is 16.1 Å². The number of thioether (sulfide) groups is 1. The first-order valence-corrected chi connectivity index (χ1v) is 13.9. The fraction of sp³-hybridized carbons (Fsp3) is 0.154. The lowest BCUT2D eigenvalue weighted by molar-refractivity contribution is 0.564. The number of hydrogen-bond donors (Lipinski definition) is 1. The van der Waals surface area contributed by atoms with Crippen molar-refractivity contribution in [2.24, 2.45) is 0 Å². The molecule has 180 valence electrons.